The Hall–Kier alpha value is -3.61. The van der Waals surface area contributed by atoms with Gasteiger partial charge in [-0.25, -0.2) is 4.79 Å². The molecule has 0 unspecified atom stereocenters. The van der Waals surface area contributed by atoms with Gasteiger partial charge in [0.25, 0.3) is 0 Å². The number of nitrogens with zero attached hydrogens (tertiary/aromatic N) is 2. The highest BCUT2D eigenvalue weighted by Crippen LogP contribution is 2.24. The van der Waals surface area contributed by atoms with Crippen LogP contribution in [0.2, 0.25) is 0 Å². The average molecular weight is 362 g/mol. The van der Waals surface area contributed by atoms with Crippen LogP contribution in [-0.4, -0.2) is 28.4 Å². The van der Waals surface area contributed by atoms with Gasteiger partial charge in [-0.15, -0.1) is 0 Å². The number of benzene rings is 2. The number of nitrogen functional groups attached to an aromatic ring is 1. The molecule has 3 N–H and O–H groups in total. The Morgan fingerprint density at radius 3 is 2.67 bits per heavy atom. The van der Waals surface area contributed by atoms with Crippen LogP contribution < -0.4 is 11.1 Å². The minimum Gasteiger partial charge on any atom is -0.397 e. The Morgan fingerprint density at radius 2 is 1.93 bits per heavy atom. The Balaban J connectivity index is 1.47. The topological polar surface area (TPSA) is 101 Å². The van der Waals surface area contributed by atoms with Crippen molar-refractivity contribution in [3.8, 4) is 0 Å². The summed E-state index contributed by atoms with van der Waals surface area (Å²) in [6, 6.07) is 14.1. The lowest BCUT2D eigenvalue weighted by Gasteiger charge is -2.29. The first-order chi connectivity index (χ1) is 13.1. The molecule has 3 aromatic rings. The standard InChI is InChI=1S/C20H18N4O3/c21-16-11-14(19(25)18-7-9-22-27-18)5-6-17(16)23-20(26)24-10-8-13-3-1-2-4-15(13)12-24/h1-7,9,11H,8,10,12,21H2,(H,23,26). The van der Waals surface area contributed by atoms with Crippen molar-refractivity contribution < 1.29 is 14.1 Å². The van der Waals surface area contributed by atoms with Gasteiger partial charge >= 0.3 is 6.03 Å². The number of nitrogens with two attached hydrogens (primary N) is 1. The van der Waals surface area contributed by atoms with Gasteiger partial charge in [0.15, 0.2) is 0 Å². The lowest BCUT2D eigenvalue weighted by Crippen LogP contribution is -2.39. The number of nitrogens with one attached hydrogen (secondary N) is 1. The van der Waals surface area contributed by atoms with Crippen LogP contribution in [0, 0.1) is 0 Å². The number of carbonyl (C=O) groups is 2. The molecule has 1 aliphatic rings. The number of hydrogen-bond donors (Lipinski definition) is 2. The maximum absolute atomic E-state index is 12.6. The Labute approximate surface area is 155 Å². The second-order valence-electron chi connectivity index (χ2n) is 6.38. The summed E-state index contributed by atoms with van der Waals surface area (Å²) in [5.41, 5.74) is 9.61. The van der Waals surface area contributed by atoms with E-state index in [1.807, 2.05) is 18.2 Å². The van der Waals surface area contributed by atoms with Gasteiger partial charge in [0.1, 0.15) is 0 Å². The third kappa shape index (κ3) is 3.39. The van der Waals surface area contributed by atoms with Gasteiger partial charge in [-0.3, -0.25) is 4.79 Å². The number of urea groups is 1. The Morgan fingerprint density at radius 1 is 1.11 bits per heavy atom. The maximum atomic E-state index is 12.6. The van der Waals surface area contributed by atoms with Gasteiger partial charge < -0.3 is 20.5 Å². The van der Waals surface area contributed by atoms with Gasteiger partial charge in [-0.2, -0.15) is 0 Å². The van der Waals surface area contributed by atoms with E-state index in [0.717, 1.165) is 12.0 Å². The van der Waals surface area contributed by atoms with E-state index >= 15 is 0 Å². The number of ketones is 1. The number of rotatable bonds is 3. The number of amides is 2. The summed E-state index contributed by atoms with van der Waals surface area (Å²) in [6.07, 6.45) is 2.23. The van der Waals surface area contributed by atoms with Crippen LogP contribution in [0.15, 0.2) is 59.3 Å². The molecule has 0 atom stereocenters. The van der Waals surface area contributed by atoms with Gasteiger partial charge in [-0.05, 0) is 35.7 Å². The van der Waals surface area contributed by atoms with E-state index in [0.29, 0.717) is 30.0 Å². The molecule has 0 spiro atoms. The highest BCUT2D eigenvalue weighted by atomic mass is 16.5. The van der Waals surface area contributed by atoms with Crippen molar-refractivity contribution in [2.75, 3.05) is 17.6 Å². The number of fused-ring (bicyclic) bond motifs is 1. The van der Waals surface area contributed by atoms with E-state index in [9.17, 15) is 9.59 Å². The molecule has 0 fully saturated rings. The fraction of sp³-hybridized carbons (Fsp3) is 0.150. The third-order valence-corrected chi connectivity index (χ3v) is 4.63. The van der Waals surface area contributed by atoms with Crippen molar-refractivity contribution in [2.24, 2.45) is 0 Å². The molecule has 7 nitrogen and oxygen atoms in total. The molecule has 0 bridgehead atoms. The number of hydrogen-bond acceptors (Lipinski definition) is 5. The molecule has 136 valence electrons. The van der Waals surface area contributed by atoms with Crippen LogP contribution in [0.1, 0.15) is 27.2 Å². The minimum absolute atomic E-state index is 0.137. The van der Waals surface area contributed by atoms with Crippen LogP contribution >= 0.6 is 0 Å². The first-order valence-corrected chi connectivity index (χ1v) is 8.59. The van der Waals surface area contributed by atoms with E-state index in [-0.39, 0.29) is 17.6 Å². The normalized spacial score (nSPS) is 13.1. The summed E-state index contributed by atoms with van der Waals surface area (Å²) in [5.74, 6) is -0.178. The quantitative estimate of drug-likeness (QED) is 0.551. The van der Waals surface area contributed by atoms with Crippen molar-refractivity contribution in [3.63, 3.8) is 0 Å². The minimum atomic E-state index is -0.315. The first-order valence-electron chi connectivity index (χ1n) is 8.59. The number of aromatic nitrogens is 1. The first kappa shape index (κ1) is 16.8. The predicted octanol–water partition coefficient (Wildman–Crippen LogP) is 3.08. The van der Waals surface area contributed by atoms with Gasteiger partial charge in [-0.1, -0.05) is 29.4 Å². The monoisotopic (exact) mass is 362 g/mol. The smallest absolute Gasteiger partial charge is 0.322 e. The molecule has 0 saturated heterocycles. The van der Waals surface area contributed by atoms with Gasteiger partial charge in [0.2, 0.25) is 11.5 Å². The fourth-order valence-corrected chi connectivity index (χ4v) is 3.16. The number of anilines is 2. The summed E-state index contributed by atoms with van der Waals surface area (Å²) in [5, 5.41) is 6.35. The fourth-order valence-electron chi connectivity index (χ4n) is 3.16. The van der Waals surface area contributed by atoms with Crippen LogP contribution in [0.25, 0.3) is 0 Å². The van der Waals surface area contributed by atoms with Crippen molar-refractivity contribution in [1.82, 2.24) is 10.1 Å². The number of carbonyl (C=O) groups excluding carboxylic acids is 2. The summed E-state index contributed by atoms with van der Waals surface area (Å²) < 4.78 is 4.88. The zero-order valence-electron chi connectivity index (χ0n) is 14.5. The van der Waals surface area contributed by atoms with Crippen molar-refractivity contribution in [3.05, 3.63) is 77.2 Å². The Kier molecular flexibility index (Phi) is 4.33. The highest BCUT2D eigenvalue weighted by molar-refractivity contribution is 6.08. The van der Waals surface area contributed by atoms with E-state index in [1.54, 1.807) is 17.0 Å². The Bertz CT molecular complexity index is 998. The van der Waals surface area contributed by atoms with Crippen LogP contribution in [0.3, 0.4) is 0 Å². The lowest BCUT2D eigenvalue weighted by atomic mass is 10.0. The van der Waals surface area contributed by atoms with Crippen LogP contribution in [0.4, 0.5) is 16.2 Å². The molecule has 1 aliphatic heterocycles. The molecule has 2 amide bonds. The molecule has 1 aromatic heterocycles. The molecule has 0 saturated carbocycles. The van der Waals surface area contributed by atoms with E-state index < -0.39 is 0 Å². The summed E-state index contributed by atoms with van der Waals surface area (Å²) in [6.45, 7) is 1.20. The second kappa shape index (κ2) is 6.95. The molecular formula is C20H18N4O3. The zero-order valence-corrected chi connectivity index (χ0v) is 14.5. The lowest BCUT2D eigenvalue weighted by molar-refractivity contribution is 0.100. The summed E-state index contributed by atoms with van der Waals surface area (Å²) >= 11 is 0. The zero-order chi connectivity index (χ0) is 18.8. The largest absolute Gasteiger partial charge is 0.397 e. The van der Waals surface area contributed by atoms with Gasteiger partial charge in [0, 0.05) is 24.7 Å². The van der Waals surface area contributed by atoms with Crippen molar-refractivity contribution >= 4 is 23.2 Å². The maximum Gasteiger partial charge on any atom is 0.322 e. The molecule has 7 heteroatoms. The second-order valence-corrected chi connectivity index (χ2v) is 6.38. The third-order valence-electron chi connectivity index (χ3n) is 4.63. The van der Waals surface area contributed by atoms with Crippen molar-refractivity contribution in [2.45, 2.75) is 13.0 Å². The van der Waals surface area contributed by atoms with E-state index in [2.05, 4.69) is 16.5 Å². The van der Waals surface area contributed by atoms with Crippen LogP contribution in [0.5, 0.6) is 0 Å². The molecule has 27 heavy (non-hydrogen) atoms. The highest BCUT2D eigenvalue weighted by Gasteiger charge is 2.21. The molecule has 2 heterocycles. The van der Waals surface area contributed by atoms with Crippen LogP contribution in [-0.2, 0) is 13.0 Å². The van der Waals surface area contributed by atoms with Gasteiger partial charge in [0.05, 0.1) is 17.6 Å². The predicted molar refractivity (Wildman–Crippen MR) is 100 cm³/mol. The molecule has 4 rings (SSSR count). The summed E-state index contributed by atoms with van der Waals surface area (Å²) in [4.78, 5) is 26.6. The molecular weight excluding hydrogens is 344 g/mol. The van der Waals surface area contributed by atoms with E-state index in [1.165, 1.54) is 23.9 Å². The SMILES string of the molecule is Nc1cc(C(=O)c2ccno2)ccc1NC(=O)N1CCc2ccccc2C1. The molecule has 0 radical (unpaired) electrons. The molecule has 0 aliphatic carbocycles. The molecule has 2 aromatic carbocycles. The van der Waals surface area contributed by atoms with E-state index in [4.69, 9.17) is 10.3 Å². The average Bonchev–Trinajstić information content (AvgIpc) is 3.23. The summed E-state index contributed by atoms with van der Waals surface area (Å²) in [7, 11) is 0. The van der Waals surface area contributed by atoms with Crippen molar-refractivity contribution in [1.29, 1.82) is 0 Å².